The van der Waals surface area contributed by atoms with E-state index in [1.807, 2.05) is 54.7 Å². The molecule has 0 atom stereocenters. The number of esters is 1. The predicted molar refractivity (Wildman–Crippen MR) is 200 cm³/mol. The van der Waals surface area contributed by atoms with E-state index in [-0.39, 0.29) is 12.1 Å². The summed E-state index contributed by atoms with van der Waals surface area (Å²) in [6.07, 6.45) is 4.85. The molecule has 0 bridgehead atoms. The van der Waals surface area contributed by atoms with Gasteiger partial charge < -0.3 is 30.4 Å². The summed E-state index contributed by atoms with van der Waals surface area (Å²) in [4.78, 5) is 42.9. The van der Waals surface area contributed by atoms with Gasteiger partial charge in [0.05, 0.1) is 27.8 Å². The number of hydrogen-bond acceptors (Lipinski definition) is 7. The van der Waals surface area contributed by atoms with Crippen LogP contribution in [0.5, 0.6) is 0 Å². The molecule has 2 heterocycles. The minimum atomic E-state index is -1.11. The highest BCUT2D eigenvalue weighted by Gasteiger charge is 2.37. The number of hydrogen-bond donors (Lipinski definition) is 3. The fourth-order valence-corrected chi connectivity index (χ4v) is 7.08. The third-order valence-corrected chi connectivity index (χ3v) is 9.23. The van der Waals surface area contributed by atoms with Crippen molar-refractivity contribution in [2.24, 2.45) is 5.73 Å². The number of benzene rings is 4. The minimum absolute atomic E-state index is 0.273. The van der Waals surface area contributed by atoms with Gasteiger partial charge in [-0.15, -0.1) is 0 Å². The highest BCUT2D eigenvalue weighted by molar-refractivity contribution is 6.16. The van der Waals surface area contributed by atoms with Crippen molar-refractivity contribution in [3.63, 3.8) is 0 Å². The van der Waals surface area contributed by atoms with E-state index in [0.717, 1.165) is 68.8 Å². The number of anilines is 1. The Morgan fingerprint density at radius 3 is 2.41 bits per heavy atom. The summed E-state index contributed by atoms with van der Waals surface area (Å²) in [5.41, 5.74) is 10.6. The molecule has 1 aliphatic carbocycles. The molecule has 6 aromatic rings. The third-order valence-electron chi connectivity index (χ3n) is 9.23. The van der Waals surface area contributed by atoms with E-state index >= 15 is 0 Å². The first-order valence-electron chi connectivity index (χ1n) is 17.3. The van der Waals surface area contributed by atoms with E-state index in [0.29, 0.717) is 18.5 Å². The monoisotopic (exact) mass is 683 g/mol. The van der Waals surface area contributed by atoms with Crippen molar-refractivity contribution in [3.8, 4) is 16.8 Å². The first kappa shape index (κ1) is 33.6. The van der Waals surface area contributed by atoms with E-state index in [2.05, 4.69) is 51.6 Å². The number of primary amides is 1. The number of nitrogens with zero attached hydrogens (tertiary/aromatic N) is 2. The summed E-state index contributed by atoms with van der Waals surface area (Å²) in [6.45, 7) is 4.88. The van der Waals surface area contributed by atoms with Crippen LogP contribution in [0.15, 0.2) is 97.2 Å². The van der Waals surface area contributed by atoms with Gasteiger partial charge in [0.2, 0.25) is 0 Å². The van der Waals surface area contributed by atoms with Gasteiger partial charge in [-0.25, -0.2) is 4.79 Å². The lowest BCUT2D eigenvalue weighted by Gasteiger charge is -2.38. The highest BCUT2D eigenvalue weighted by Crippen LogP contribution is 2.40. The van der Waals surface area contributed by atoms with Crippen molar-refractivity contribution in [3.05, 3.63) is 103 Å². The fraction of sp³-hybridized carbons (Fsp3) is 0.268. The molecule has 10 heteroatoms. The maximum absolute atomic E-state index is 13.1. The number of fused-ring (bicyclic) bond motifs is 4. The van der Waals surface area contributed by atoms with E-state index in [1.54, 1.807) is 26.8 Å². The second kappa shape index (κ2) is 13.4. The minimum Gasteiger partial charge on any atom is -0.444 e. The Bertz CT molecular complexity index is 2300. The molecule has 0 unspecified atom stereocenters. The zero-order chi connectivity index (χ0) is 35.8. The average Bonchev–Trinajstić information content (AvgIpc) is 3.44. The lowest BCUT2D eigenvalue weighted by Crippen LogP contribution is -2.47. The molecule has 51 heavy (non-hydrogen) atoms. The maximum atomic E-state index is 13.1. The molecule has 4 aromatic carbocycles. The highest BCUT2D eigenvalue weighted by atomic mass is 16.6. The third kappa shape index (κ3) is 6.94. The molecule has 1 fully saturated rings. The van der Waals surface area contributed by atoms with Gasteiger partial charge in [0, 0.05) is 46.4 Å². The molecule has 0 spiro atoms. The number of carbonyl (C=O) groups is 3. The van der Waals surface area contributed by atoms with Crippen LogP contribution >= 0.6 is 0 Å². The quantitative estimate of drug-likeness (QED) is 0.109. The molecule has 4 N–H and O–H groups in total. The summed E-state index contributed by atoms with van der Waals surface area (Å²) >= 11 is 0. The van der Waals surface area contributed by atoms with Crippen molar-refractivity contribution < 1.29 is 23.9 Å². The normalized spacial score (nSPS) is 14.3. The van der Waals surface area contributed by atoms with Gasteiger partial charge in [-0.2, -0.15) is 0 Å². The van der Waals surface area contributed by atoms with Crippen molar-refractivity contribution in [2.45, 2.75) is 64.2 Å². The summed E-state index contributed by atoms with van der Waals surface area (Å²) in [6, 6.07) is 30.2. The van der Waals surface area contributed by atoms with E-state index in [1.165, 1.54) is 0 Å². The number of alkyl carbamates (subject to hydrolysis) is 1. The first-order valence-corrected chi connectivity index (χ1v) is 17.3. The Labute approximate surface area is 295 Å². The van der Waals surface area contributed by atoms with Gasteiger partial charge in [0.15, 0.2) is 5.72 Å². The van der Waals surface area contributed by atoms with Crippen LogP contribution in [0.25, 0.3) is 49.5 Å². The Morgan fingerprint density at radius 2 is 1.63 bits per heavy atom. The Morgan fingerprint density at radius 1 is 0.882 bits per heavy atom. The predicted octanol–water partition coefficient (Wildman–Crippen LogP) is 8.24. The van der Waals surface area contributed by atoms with Crippen molar-refractivity contribution in [2.75, 3.05) is 11.9 Å². The average molecular weight is 684 g/mol. The van der Waals surface area contributed by atoms with Gasteiger partial charge in [0.25, 0.3) is 5.91 Å². The SMILES string of the molecule is CC(C)(C)OC(=O)NCC(=O)OC1(Nc2cc(-n3c4ccccc4c4c(-c5cnc6ccccc6c5)cccc43)ccc2C(N)=O)CCCCC1. The number of nitrogens with two attached hydrogens (primary N) is 1. The second-order valence-corrected chi connectivity index (χ2v) is 14.1. The topological polar surface area (TPSA) is 138 Å². The zero-order valence-electron chi connectivity index (χ0n) is 29.0. The van der Waals surface area contributed by atoms with E-state index in [9.17, 15) is 14.4 Å². The Hall–Kier alpha value is -5.90. The number of amides is 2. The molecular weight excluding hydrogens is 642 g/mol. The van der Waals surface area contributed by atoms with Crippen molar-refractivity contribution in [1.29, 1.82) is 0 Å². The van der Waals surface area contributed by atoms with Crippen LogP contribution in [0.4, 0.5) is 10.5 Å². The summed E-state index contributed by atoms with van der Waals surface area (Å²) in [5, 5.41) is 9.13. The Kier molecular flexibility index (Phi) is 8.85. The van der Waals surface area contributed by atoms with Crippen molar-refractivity contribution in [1.82, 2.24) is 14.9 Å². The molecule has 260 valence electrons. The largest absolute Gasteiger partial charge is 0.444 e. The molecule has 2 amide bonds. The van der Waals surface area contributed by atoms with E-state index in [4.69, 9.17) is 20.2 Å². The standard InChI is InChI=1S/C41H41N5O5/c1-40(2,3)51-39(49)44-25-36(47)50-41(20-9-4-10-21-41)45-33-23-28(18-19-30(33)38(42)48)46-34-16-8-6-13-31(34)37-29(14-11-17-35(37)46)27-22-26-12-5-7-15-32(26)43-24-27/h5-8,11-19,22-24,45H,4,9-10,20-21,25H2,1-3H3,(H2,42,48)(H,44,49). The van der Waals surface area contributed by atoms with Crippen LogP contribution < -0.4 is 16.4 Å². The molecule has 2 aromatic heterocycles. The van der Waals surface area contributed by atoms with Crippen LogP contribution in [-0.2, 0) is 14.3 Å². The van der Waals surface area contributed by atoms with Crippen LogP contribution in [0.2, 0.25) is 0 Å². The van der Waals surface area contributed by atoms with Gasteiger partial charge in [0.1, 0.15) is 12.1 Å². The Balaban J connectivity index is 1.28. The summed E-state index contributed by atoms with van der Waals surface area (Å²) in [7, 11) is 0. The number of nitrogens with one attached hydrogen (secondary N) is 2. The van der Waals surface area contributed by atoms with Gasteiger partial charge in [-0.1, -0.05) is 55.0 Å². The maximum Gasteiger partial charge on any atom is 0.408 e. The van der Waals surface area contributed by atoms with Crippen LogP contribution in [0.1, 0.15) is 63.2 Å². The number of carbonyl (C=O) groups excluding carboxylic acids is 3. The lowest BCUT2D eigenvalue weighted by atomic mass is 9.90. The molecule has 0 aliphatic heterocycles. The first-order chi connectivity index (χ1) is 24.5. The molecule has 1 saturated carbocycles. The number of pyridine rings is 1. The molecule has 0 saturated heterocycles. The number of rotatable bonds is 8. The van der Waals surface area contributed by atoms with Gasteiger partial charge in [-0.3, -0.25) is 14.6 Å². The molecule has 10 nitrogen and oxygen atoms in total. The van der Waals surface area contributed by atoms with Crippen LogP contribution in [-0.4, -0.2) is 45.4 Å². The molecule has 0 radical (unpaired) electrons. The zero-order valence-corrected chi connectivity index (χ0v) is 29.0. The number of ether oxygens (including phenoxy) is 2. The van der Waals surface area contributed by atoms with Crippen molar-refractivity contribution >= 4 is 56.4 Å². The lowest BCUT2D eigenvalue weighted by molar-refractivity contribution is -0.158. The van der Waals surface area contributed by atoms with Gasteiger partial charge in [-0.05, 0) is 81.6 Å². The molecule has 7 rings (SSSR count). The second-order valence-electron chi connectivity index (χ2n) is 14.1. The molecule has 1 aliphatic rings. The summed E-state index contributed by atoms with van der Waals surface area (Å²) < 4.78 is 13.5. The fourth-order valence-electron chi connectivity index (χ4n) is 7.08. The number of para-hydroxylation sites is 2. The van der Waals surface area contributed by atoms with E-state index < -0.39 is 29.3 Å². The summed E-state index contributed by atoms with van der Waals surface area (Å²) in [5.74, 6) is -1.23. The smallest absolute Gasteiger partial charge is 0.408 e. The molecular formula is C41H41N5O5. The van der Waals surface area contributed by atoms with Crippen LogP contribution in [0.3, 0.4) is 0 Å². The van der Waals surface area contributed by atoms with Gasteiger partial charge >= 0.3 is 12.1 Å². The number of aromatic nitrogens is 2. The van der Waals surface area contributed by atoms with Crippen LogP contribution in [0, 0.1) is 0 Å².